The van der Waals surface area contributed by atoms with Gasteiger partial charge in [0.05, 0.1) is 17.1 Å². The molecule has 0 bridgehead atoms. The summed E-state index contributed by atoms with van der Waals surface area (Å²) in [5.41, 5.74) is 1.57. The van der Waals surface area contributed by atoms with E-state index in [0.717, 1.165) is 12.1 Å². The predicted molar refractivity (Wildman–Crippen MR) is 101 cm³/mol. The van der Waals surface area contributed by atoms with Gasteiger partial charge >= 0.3 is 0 Å². The van der Waals surface area contributed by atoms with E-state index in [0.29, 0.717) is 23.0 Å². The van der Waals surface area contributed by atoms with Gasteiger partial charge < -0.3 is 5.32 Å². The molecule has 144 valence electrons. The molecular weight excluding hydrogens is 381 g/mol. The number of benzene rings is 2. The van der Waals surface area contributed by atoms with E-state index in [1.165, 1.54) is 35.0 Å². The largest absolute Gasteiger partial charge is 0.318 e. The van der Waals surface area contributed by atoms with Crippen LogP contribution in [0.3, 0.4) is 0 Å². The number of anilines is 1. The number of nitrogens with zero attached hydrogens (tertiary/aromatic N) is 3. The standard InChI is InChI=1S/C21H13F3N4O/c22-14-3-6-16(7-4-14)28-20(13-2-1-9-25-12-13)11-19(27-28)21(29)26-18-8-5-15(23)10-17(18)24/h1-12H,(H,26,29). The third kappa shape index (κ3) is 3.86. The fraction of sp³-hybridized carbons (Fsp3) is 0. The number of halogens is 3. The molecule has 0 atom stereocenters. The van der Waals surface area contributed by atoms with Crippen molar-refractivity contribution in [1.29, 1.82) is 0 Å². The lowest BCUT2D eigenvalue weighted by Crippen LogP contribution is -2.14. The molecule has 0 aliphatic heterocycles. The predicted octanol–water partition coefficient (Wildman–Crippen LogP) is 4.60. The molecule has 5 nitrogen and oxygen atoms in total. The molecular formula is C21H13F3N4O. The quantitative estimate of drug-likeness (QED) is 0.550. The second kappa shape index (κ2) is 7.59. The van der Waals surface area contributed by atoms with Crippen molar-refractivity contribution in [3.8, 4) is 16.9 Å². The molecule has 2 aromatic heterocycles. The molecule has 4 rings (SSSR count). The Morgan fingerprint density at radius 3 is 2.38 bits per heavy atom. The zero-order valence-corrected chi connectivity index (χ0v) is 14.8. The van der Waals surface area contributed by atoms with Gasteiger partial charge in [0.25, 0.3) is 5.91 Å². The molecule has 2 heterocycles. The van der Waals surface area contributed by atoms with Crippen LogP contribution in [0.5, 0.6) is 0 Å². The van der Waals surface area contributed by atoms with E-state index in [1.807, 2.05) is 0 Å². The van der Waals surface area contributed by atoms with Crippen molar-refractivity contribution < 1.29 is 18.0 Å². The molecule has 0 unspecified atom stereocenters. The molecule has 0 aliphatic rings. The van der Waals surface area contributed by atoms with Crippen LogP contribution in [0.4, 0.5) is 18.9 Å². The first-order valence-corrected chi connectivity index (χ1v) is 8.54. The lowest BCUT2D eigenvalue weighted by atomic mass is 10.2. The number of carbonyl (C=O) groups is 1. The number of amides is 1. The number of hydrogen-bond acceptors (Lipinski definition) is 3. The Kier molecular flexibility index (Phi) is 4.82. The molecule has 0 fully saturated rings. The molecule has 8 heteroatoms. The summed E-state index contributed by atoms with van der Waals surface area (Å²) in [5.74, 6) is -2.74. The van der Waals surface area contributed by atoms with Crippen LogP contribution in [-0.4, -0.2) is 20.7 Å². The Balaban J connectivity index is 1.74. The van der Waals surface area contributed by atoms with Crippen LogP contribution < -0.4 is 5.32 Å². The fourth-order valence-corrected chi connectivity index (χ4v) is 2.77. The summed E-state index contributed by atoms with van der Waals surface area (Å²) < 4.78 is 41.7. The van der Waals surface area contributed by atoms with Gasteiger partial charge in [0.1, 0.15) is 17.5 Å². The van der Waals surface area contributed by atoms with Gasteiger partial charge in [-0.15, -0.1) is 0 Å². The van der Waals surface area contributed by atoms with E-state index in [2.05, 4.69) is 15.4 Å². The van der Waals surface area contributed by atoms with Crippen molar-refractivity contribution in [2.24, 2.45) is 0 Å². The SMILES string of the molecule is O=C(Nc1ccc(F)cc1F)c1cc(-c2cccnc2)n(-c2ccc(F)cc2)n1. The third-order valence-electron chi connectivity index (χ3n) is 4.15. The summed E-state index contributed by atoms with van der Waals surface area (Å²) >= 11 is 0. The van der Waals surface area contributed by atoms with Gasteiger partial charge in [0, 0.05) is 24.0 Å². The second-order valence-corrected chi connectivity index (χ2v) is 6.12. The van der Waals surface area contributed by atoms with Crippen molar-refractivity contribution in [2.45, 2.75) is 0 Å². The van der Waals surface area contributed by atoms with Gasteiger partial charge in [-0.2, -0.15) is 5.10 Å². The topological polar surface area (TPSA) is 59.8 Å². The minimum Gasteiger partial charge on any atom is -0.318 e. The normalized spacial score (nSPS) is 10.7. The zero-order chi connectivity index (χ0) is 20.4. The summed E-state index contributed by atoms with van der Waals surface area (Å²) in [6.45, 7) is 0. The molecule has 0 aliphatic carbocycles. The van der Waals surface area contributed by atoms with Gasteiger partial charge in [0.15, 0.2) is 5.69 Å². The summed E-state index contributed by atoms with van der Waals surface area (Å²) in [4.78, 5) is 16.7. The van der Waals surface area contributed by atoms with Gasteiger partial charge in [-0.25, -0.2) is 17.9 Å². The molecule has 4 aromatic rings. The monoisotopic (exact) mass is 394 g/mol. The highest BCUT2D eigenvalue weighted by molar-refractivity contribution is 6.03. The van der Waals surface area contributed by atoms with Crippen molar-refractivity contribution in [3.05, 3.63) is 96.2 Å². The first kappa shape index (κ1) is 18.4. The maximum Gasteiger partial charge on any atom is 0.276 e. The number of carbonyl (C=O) groups excluding carboxylic acids is 1. The van der Waals surface area contributed by atoms with Gasteiger partial charge in [0.2, 0.25) is 0 Å². The van der Waals surface area contributed by atoms with E-state index in [9.17, 15) is 18.0 Å². The average Bonchev–Trinajstić information content (AvgIpc) is 3.17. The van der Waals surface area contributed by atoms with Crippen LogP contribution >= 0.6 is 0 Å². The highest BCUT2D eigenvalue weighted by Crippen LogP contribution is 2.24. The molecule has 0 radical (unpaired) electrons. The van der Waals surface area contributed by atoms with Crippen molar-refractivity contribution >= 4 is 11.6 Å². The van der Waals surface area contributed by atoms with Crippen molar-refractivity contribution in [1.82, 2.24) is 14.8 Å². The van der Waals surface area contributed by atoms with E-state index in [-0.39, 0.29) is 11.4 Å². The zero-order valence-electron chi connectivity index (χ0n) is 14.8. The molecule has 0 saturated carbocycles. The Hall–Kier alpha value is -3.94. The molecule has 0 saturated heterocycles. The van der Waals surface area contributed by atoms with Crippen LogP contribution in [0.1, 0.15) is 10.5 Å². The highest BCUT2D eigenvalue weighted by Gasteiger charge is 2.18. The molecule has 1 N–H and O–H groups in total. The van der Waals surface area contributed by atoms with E-state index < -0.39 is 23.4 Å². The molecule has 29 heavy (non-hydrogen) atoms. The van der Waals surface area contributed by atoms with Crippen LogP contribution in [-0.2, 0) is 0 Å². The minimum absolute atomic E-state index is 0.00287. The Morgan fingerprint density at radius 2 is 1.69 bits per heavy atom. The van der Waals surface area contributed by atoms with E-state index >= 15 is 0 Å². The number of pyridine rings is 1. The summed E-state index contributed by atoms with van der Waals surface area (Å²) in [6, 6.07) is 13.4. The maximum absolute atomic E-state index is 13.9. The summed E-state index contributed by atoms with van der Waals surface area (Å²) in [5, 5.41) is 6.66. The van der Waals surface area contributed by atoms with Gasteiger partial charge in [-0.05, 0) is 54.6 Å². The smallest absolute Gasteiger partial charge is 0.276 e. The highest BCUT2D eigenvalue weighted by atomic mass is 19.1. The van der Waals surface area contributed by atoms with Crippen LogP contribution in [0.25, 0.3) is 16.9 Å². The second-order valence-electron chi connectivity index (χ2n) is 6.12. The Morgan fingerprint density at radius 1 is 0.931 bits per heavy atom. The first-order chi connectivity index (χ1) is 14.0. The number of aromatic nitrogens is 3. The summed E-state index contributed by atoms with van der Waals surface area (Å²) in [7, 11) is 0. The van der Waals surface area contributed by atoms with Crippen LogP contribution in [0.15, 0.2) is 73.1 Å². The van der Waals surface area contributed by atoms with Crippen LogP contribution in [0, 0.1) is 17.5 Å². The first-order valence-electron chi connectivity index (χ1n) is 8.54. The lowest BCUT2D eigenvalue weighted by Gasteiger charge is -2.07. The Labute approximate surface area is 163 Å². The van der Waals surface area contributed by atoms with Gasteiger partial charge in [-0.1, -0.05) is 0 Å². The molecule has 1 amide bonds. The van der Waals surface area contributed by atoms with E-state index in [4.69, 9.17) is 0 Å². The summed E-state index contributed by atoms with van der Waals surface area (Å²) in [6.07, 6.45) is 3.20. The minimum atomic E-state index is -0.899. The number of nitrogens with one attached hydrogen (secondary N) is 1. The number of rotatable bonds is 4. The van der Waals surface area contributed by atoms with Crippen molar-refractivity contribution in [3.63, 3.8) is 0 Å². The molecule has 0 spiro atoms. The fourth-order valence-electron chi connectivity index (χ4n) is 2.77. The lowest BCUT2D eigenvalue weighted by molar-refractivity contribution is 0.102. The third-order valence-corrected chi connectivity index (χ3v) is 4.15. The number of hydrogen-bond donors (Lipinski definition) is 1. The van der Waals surface area contributed by atoms with Gasteiger partial charge in [-0.3, -0.25) is 9.78 Å². The van der Waals surface area contributed by atoms with Crippen molar-refractivity contribution in [2.75, 3.05) is 5.32 Å². The Bertz CT molecular complexity index is 1170. The molecule has 2 aromatic carbocycles. The maximum atomic E-state index is 13.9. The van der Waals surface area contributed by atoms with E-state index in [1.54, 1.807) is 24.5 Å². The average molecular weight is 394 g/mol. The van der Waals surface area contributed by atoms with Crippen LogP contribution in [0.2, 0.25) is 0 Å².